The molecule has 6 heteroatoms. The van der Waals surface area contributed by atoms with Crippen LogP contribution in [0.5, 0.6) is 0 Å². The molecular weight excluding hydrogens is 380 g/mol. The first-order chi connectivity index (χ1) is 14.4. The van der Waals surface area contributed by atoms with Crippen molar-refractivity contribution in [3.05, 3.63) is 48.0 Å². The van der Waals surface area contributed by atoms with E-state index < -0.39 is 0 Å². The Kier molecular flexibility index (Phi) is 5.72. The van der Waals surface area contributed by atoms with Crippen LogP contribution in [0.2, 0.25) is 0 Å². The molecule has 0 N–H and O–H groups in total. The van der Waals surface area contributed by atoms with E-state index in [1.54, 1.807) is 11.8 Å². The van der Waals surface area contributed by atoms with Crippen LogP contribution in [0.1, 0.15) is 37.7 Å². The second-order valence-corrected chi connectivity index (χ2v) is 8.99. The largest absolute Gasteiger partial charge is 0.376 e. The van der Waals surface area contributed by atoms with Crippen molar-refractivity contribution in [2.24, 2.45) is 0 Å². The number of aromatic nitrogens is 3. The van der Waals surface area contributed by atoms with Crippen LogP contribution in [0.4, 0.5) is 5.95 Å². The minimum atomic E-state index is 0.287. The molecule has 29 heavy (non-hydrogen) atoms. The zero-order valence-corrected chi connectivity index (χ0v) is 17.6. The summed E-state index contributed by atoms with van der Waals surface area (Å²) in [6, 6.07) is 15.2. The zero-order chi connectivity index (χ0) is 19.5. The lowest BCUT2D eigenvalue weighted by atomic mass is 10.1. The highest BCUT2D eigenvalue weighted by Crippen LogP contribution is 2.29. The molecule has 0 bridgehead atoms. The molecule has 5 nitrogen and oxygen atoms in total. The molecular formula is C23H28N4OS. The van der Waals surface area contributed by atoms with Gasteiger partial charge in [0.05, 0.1) is 12.6 Å². The van der Waals surface area contributed by atoms with Crippen molar-refractivity contribution in [2.75, 3.05) is 24.6 Å². The van der Waals surface area contributed by atoms with Gasteiger partial charge in [0, 0.05) is 25.4 Å². The SMILES string of the molecule is c1ccc2cc(CSc3nnc(N4CCCCC4)n3CC3CCCO3)ccc2c1. The molecule has 0 amide bonds. The predicted octanol–water partition coefficient (Wildman–Crippen LogP) is 4.89. The molecule has 2 aromatic carbocycles. The summed E-state index contributed by atoms with van der Waals surface area (Å²) in [7, 11) is 0. The topological polar surface area (TPSA) is 43.2 Å². The van der Waals surface area contributed by atoms with E-state index in [0.29, 0.717) is 0 Å². The fourth-order valence-electron chi connectivity index (χ4n) is 4.34. The monoisotopic (exact) mass is 408 g/mol. The summed E-state index contributed by atoms with van der Waals surface area (Å²) < 4.78 is 8.24. The smallest absolute Gasteiger partial charge is 0.228 e. The van der Waals surface area contributed by atoms with Crippen LogP contribution in [-0.2, 0) is 17.0 Å². The summed E-state index contributed by atoms with van der Waals surface area (Å²) >= 11 is 1.78. The molecule has 0 aliphatic carbocycles. The Bertz CT molecular complexity index is 960. The maximum absolute atomic E-state index is 5.93. The van der Waals surface area contributed by atoms with Crippen LogP contribution in [-0.4, -0.2) is 40.6 Å². The lowest BCUT2D eigenvalue weighted by Crippen LogP contribution is -2.33. The number of fused-ring (bicyclic) bond motifs is 1. The van der Waals surface area contributed by atoms with Gasteiger partial charge >= 0.3 is 0 Å². The number of thioether (sulfide) groups is 1. The fraction of sp³-hybridized carbons (Fsp3) is 0.478. The Labute approximate surface area is 176 Å². The summed E-state index contributed by atoms with van der Waals surface area (Å²) in [5.74, 6) is 1.93. The van der Waals surface area contributed by atoms with Gasteiger partial charge in [0.2, 0.25) is 5.95 Å². The number of nitrogens with zero attached hydrogens (tertiary/aromatic N) is 4. The molecule has 2 aliphatic heterocycles. The summed E-state index contributed by atoms with van der Waals surface area (Å²) in [5, 5.41) is 12.8. The normalized spacial score (nSPS) is 19.9. The third-order valence-corrected chi connectivity index (χ3v) is 6.97. The summed E-state index contributed by atoms with van der Waals surface area (Å²) in [6.45, 7) is 3.91. The van der Waals surface area contributed by atoms with Crippen molar-refractivity contribution in [3.8, 4) is 0 Å². The van der Waals surface area contributed by atoms with Crippen LogP contribution in [0, 0.1) is 0 Å². The Morgan fingerprint density at radius 2 is 1.83 bits per heavy atom. The van der Waals surface area contributed by atoms with E-state index in [4.69, 9.17) is 4.74 Å². The van der Waals surface area contributed by atoms with E-state index >= 15 is 0 Å². The van der Waals surface area contributed by atoms with Crippen LogP contribution in [0.25, 0.3) is 10.8 Å². The molecule has 2 aliphatic rings. The highest BCUT2D eigenvalue weighted by atomic mass is 32.2. The van der Waals surface area contributed by atoms with Crippen molar-refractivity contribution in [2.45, 2.75) is 55.7 Å². The van der Waals surface area contributed by atoms with Crippen molar-refractivity contribution in [3.63, 3.8) is 0 Å². The number of anilines is 1. The van der Waals surface area contributed by atoms with Gasteiger partial charge in [-0.2, -0.15) is 0 Å². The van der Waals surface area contributed by atoms with Gasteiger partial charge in [0.15, 0.2) is 5.16 Å². The Balaban J connectivity index is 1.36. The van der Waals surface area contributed by atoms with Crippen molar-refractivity contribution in [1.29, 1.82) is 0 Å². The van der Waals surface area contributed by atoms with Crippen LogP contribution < -0.4 is 4.90 Å². The molecule has 0 saturated carbocycles. The Morgan fingerprint density at radius 3 is 2.66 bits per heavy atom. The van der Waals surface area contributed by atoms with Crippen LogP contribution >= 0.6 is 11.8 Å². The standard InChI is InChI=1S/C23H28N4OS/c1-4-12-26(13-5-1)22-24-25-23(27(22)16-21-9-6-14-28-21)29-17-18-10-11-19-7-2-3-8-20(19)15-18/h2-3,7-8,10-11,15,21H,1,4-6,9,12-14,16-17H2. The van der Waals surface area contributed by atoms with Gasteiger partial charge in [-0.1, -0.05) is 54.2 Å². The van der Waals surface area contributed by atoms with Gasteiger partial charge in [-0.15, -0.1) is 10.2 Å². The Morgan fingerprint density at radius 1 is 0.966 bits per heavy atom. The van der Waals surface area contributed by atoms with E-state index in [-0.39, 0.29) is 6.10 Å². The van der Waals surface area contributed by atoms with Gasteiger partial charge < -0.3 is 9.64 Å². The minimum absolute atomic E-state index is 0.287. The van der Waals surface area contributed by atoms with Gasteiger partial charge in [-0.25, -0.2) is 0 Å². The second-order valence-electron chi connectivity index (χ2n) is 8.05. The molecule has 1 aromatic heterocycles. The van der Waals surface area contributed by atoms with Crippen LogP contribution in [0.3, 0.4) is 0 Å². The summed E-state index contributed by atoms with van der Waals surface area (Å²) in [4.78, 5) is 2.41. The van der Waals surface area contributed by atoms with E-state index in [9.17, 15) is 0 Å². The third kappa shape index (κ3) is 4.28. The minimum Gasteiger partial charge on any atom is -0.376 e. The van der Waals surface area contributed by atoms with Crippen molar-refractivity contribution in [1.82, 2.24) is 14.8 Å². The lowest BCUT2D eigenvalue weighted by molar-refractivity contribution is 0.0951. The molecule has 2 fully saturated rings. The van der Waals surface area contributed by atoms with Gasteiger partial charge in [0.1, 0.15) is 0 Å². The number of benzene rings is 2. The quantitative estimate of drug-likeness (QED) is 0.543. The Hall–Kier alpha value is -2.05. The number of piperidine rings is 1. The van der Waals surface area contributed by atoms with Crippen molar-refractivity contribution >= 4 is 28.5 Å². The van der Waals surface area contributed by atoms with E-state index in [1.807, 2.05) is 0 Å². The molecule has 152 valence electrons. The lowest BCUT2D eigenvalue weighted by Gasteiger charge is -2.28. The first-order valence-corrected chi connectivity index (χ1v) is 11.8. The highest BCUT2D eigenvalue weighted by Gasteiger charge is 2.24. The average molecular weight is 409 g/mol. The van der Waals surface area contributed by atoms with Gasteiger partial charge in [0.25, 0.3) is 0 Å². The maximum Gasteiger partial charge on any atom is 0.228 e. The molecule has 0 spiro atoms. The number of rotatable bonds is 6. The molecule has 3 aromatic rings. The molecule has 1 atom stereocenters. The van der Waals surface area contributed by atoms with Gasteiger partial charge in [-0.3, -0.25) is 4.57 Å². The number of ether oxygens (including phenoxy) is 1. The van der Waals surface area contributed by atoms with E-state index in [1.165, 1.54) is 35.6 Å². The number of hydrogen-bond acceptors (Lipinski definition) is 5. The third-order valence-electron chi connectivity index (χ3n) is 5.93. The summed E-state index contributed by atoms with van der Waals surface area (Å²) in [6.07, 6.45) is 6.38. The summed E-state index contributed by atoms with van der Waals surface area (Å²) in [5.41, 5.74) is 1.32. The average Bonchev–Trinajstić information content (AvgIpc) is 3.43. The van der Waals surface area contributed by atoms with Crippen LogP contribution in [0.15, 0.2) is 47.6 Å². The second kappa shape index (κ2) is 8.76. The molecule has 2 saturated heterocycles. The number of hydrogen-bond donors (Lipinski definition) is 0. The molecule has 0 radical (unpaired) electrons. The van der Waals surface area contributed by atoms with E-state index in [2.05, 4.69) is 62.1 Å². The molecule has 3 heterocycles. The van der Waals surface area contributed by atoms with Gasteiger partial charge in [-0.05, 0) is 48.4 Å². The first kappa shape index (κ1) is 18.9. The first-order valence-electron chi connectivity index (χ1n) is 10.8. The molecule has 5 rings (SSSR count). The zero-order valence-electron chi connectivity index (χ0n) is 16.8. The highest BCUT2D eigenvalue weighted by molar-refractivity contribution is 7.98. The fourth-order valence-corrected chi connectivity index (χ4v) is 5.23. The van der Waals surface area contributed by atoms with Crippen molar-refractivity contribution < 1.29 is 4.74 Å². The van der Waals surface area contributed by atoms with E-state index in [0.717, 1.165) is 55.9 Å². The maximum atomic E-state index is 5.93. The predicted molar refractivity (Wildman–Crippen MR) is 119 cm³/mol. The molecule has 1 unspecified atom stereocenters.